The molecule has 0 saturated carbocycles. The number of rotatable bonds is 2. The van der Waals surface area contributed by atoms with E-state index < -0.39 is 29.2 Å². The fourth-order valence-corrected chi connectivity index (χ4v) is 0.987. The monoisotopic (exact) mass is 233 g/mol. The van der Waals surface area contributed by atoms with Crippen LogP contribution < -0.4 is 0 Å². The molecule has 0 unspecified atom stereocenters. The van der Waals surface area contributed by atoms with Gasteiger partial charge in [0.05, 0.1) is 6.61 Å². The fraction of sp³-hybridized carbons (Fsp3) is 0.333. The molecule has 86 valence electrons. The zero-order chi connectivity index (χ0) is 12.3. The second-order valence-electron chi connectivity index (χ2n) is 2.68. The molecule has 1 aromatic rings. The maximum Gasteiger partial charge on any atom is 0.450 e. The third-order valence-corrected chi connectivity index (χ3v) is 1.59. The Bertz CT molecular complexity index is 442. The first kappa shape index (κ1) is 12.1. The van der Waals surface area contributed by atoms with Gasteiger partial charge in [0.1, 0.15) is 11.6 Å². The first-order valence-corrected chi connectivity index (χ1v) is 4.18. The Balaban J connectivity index is 3.14. The number of esters is 1. The zero-order valence-corrected chi connectivity index (χ0v) is 8.09. The molecule has 16 heavy (non-hydrogen) atoms. The fourth-order valence-electron chi connectivity index (χ4n) is 0.987. The molecule has 0 aliphatic heterocycles. The van der Waals surface area contributed by atoms with Gasteiger partial charge in [0.2, 0.25) is 11.5 Å². The van der Waals surface area contributed by atoms with Crippen molar-refractivity contribution in [3.63, 3.8) is 0 Å². The van der Waals surface area contributed by atoms with Gasteiger partial charge < -0.3 is 9.15 Å². The average molecular weight is 233 g/mol. The van der Waals surface area contributed by atoms with Crippen molar-refractivity contribution in [3.05, 3.63) is 23.2 Å². The second-order valence-corrected chi connectivity index (χ2v) is 2.68. The van der Waals surface area contributed by atoms with Gasteiger partial charge >= 0.3 is 12.1 Å². The molecule has 1 rings (SSSR count). The van der Waals surface area contributed by atoms with E-state index in [1.165, 1.54) is 13.0 Å². The molecule has 0 amide bonds. The summed E-state index contributed by atoms with van der Waals surface area (Å²) in [6.45, 7) is 1.50. The maximum atomic E-state index is 12.3. The molecular formula is C9H6F3NO3. The SMILES string of the molecule is CCOC(=O)c1cc(C#N)c(C(F)(F)F)o1. The lowest BCUT2D eigenvalue weighted by Gasteiger charge is -2.01. The third-order valence-electron chi connectivity index (χ3n) is 1.59. The molecule has 0 radical (unpaired) electrons. The molecule has 0 saturated heterocycles. The van der Waals surface area contributed by atoms with Crippen molar-refractivity contribution in [2.75, 3.05) is 6.61 Å². The van der Waals surface area contributed by atoms with Crippen LogP contribution in [0, 0.1) is 11.3 Å². The Morgan fingerprint density at radius 3 is 2.62 bits per heavy atom. The molecule has 0 aliphatic carbocycles. The van der Waals surface area contributed by atoms with Gasteiger partial charge in [0.25, 0.3) is 0 Å². The number of hydrogen-bond acceptors (Lipinski definition) is 4. The van der Waals surface area contributed by atoms with E-state index in [0.717, 1.165) is 0 Å². The Labute approximate surface area is 88.2 Å². The smallest absolute Gasteiger partial charge is 0.450 e. The van der Waals surface area contributed by atoms with Crippen molar-refractivity contribution >= 4 is 5.97 Å². The number of carbonyl (C=O) groups is 1. The van der Waals surface area contributed by atoms with E-state index in [-0.39, 0.29) is 6.61 Å². The summed E-state index contributed by atoms with van der Waals surface area (Å²) in [7, 11) is 0. The van der Waals surface area contributed by atoms with Crippen LogP contribution in [0.3, 0.4) is 0 Å². The van der Waals surface area contributed by atoms with E-state index >= 15 is 0 Å². The molecule has 0 spiro atoms. The van der Waals surface area contributed by atoms with Gasteiger partial charge in [-0.2, -0.15) is 18.4 Å². The molecule has 0 bridgehead atoms. The number of carbonyl (C=O) groups excluding carboxylic acids is 1. The van der Waals surface area contributed by atoms with Gasteiger partial charge in [-0.1, -0.05) is 0 Å². The largest absolute Gasteiger partial charge is 0.460 e. The van der Waals surface area contributed by atoms with Crippen LogP contribution in [0.4, 0.5) is 13.2 Å². The number of ether oxygens (including phenoxy) is 1. The second kappa shape index (κ2) is 4.26. The lowest BCUT2D eigenvalue weighted by molar-refractivity contribution is -0.153. The van der Waals surface area contributed by atoms with Gasteiger partial charge in [0, 0.05) is 6.07 Å². The standard InChI is InChI=1S/C9H6F3NO3/c1-2-15-8(14)6-3-5(4-13)7(16-6)9(10,11)12/h3H,2H2,1H3. The predicted octanol–water partition coefficient (Wildman–Crippen LogP) is 2.35. The Hall–Kier alpha value is -1.97. The lowest BCUT2D eigenvalue weighted by atomic mass is 10.2. The van der Waals surface area contributed by atoms with Crippen LogP contribution in [0.25, 0.3) is 0 Å². The first-order valence-electron chi connectivity index (χ1n) is 4.18. The molecule has 4 nitrogen and oxygen atoms in total. The summed E-state index contributed by atoms with van der Waals surface area (Å²) < 4.78 is 45.6. The third kappa shape index (κ3) is 2.34. The summed E-state index contributed by atoms with van der Waals surface area (Å²) in [5, 5.41) is 8.44. The van der Waals surface area contributed by atoms with Crippen LogP contribution in [0.1, 0.15) is 28.8 Å². The normalized spacial score (nSPS) is 10.9. The highest BCUT2D eigenvalue weighted by atomic mass is 19.4. The predicted molar refractivity (Wildman–Crippen MR) is 44.4 cm³/mol. The first-order chi connectivity index (χ1) is 7.40. The molecule has 0 fully saturated rings. The minimum Gasteiger partial charge on any atom is -0.460 e. The summed E-state index contributed by atoms with van der Waals surface area (Å²) in [5.74, 6) is -3.15. The number of hydrogen-bond donors (Lipinski definition) is 0. The number of furan rings is 1. The minimum atomic E-state index is -4.81. The maximum absolute atomic E-state index is 12.3. The summed E-state index contributed by atoms with van der Waals surface area (Å²) in [4.78, 5) is 11.1. The average Bonchev–Trinajstić information content (AvgIpc) is 2.61. The number of nitrogens with zero attached hydrogens (tertiary/aromatic N) is 1. The molecule has 1 heterocycles. The summed E-state index contributed by atoms with van der Waals surface area (Å²) in [6.07, 6.45) is -4.81. The van der Waals surface area contributed by atoms with Crippen LogP contribution in [-0.2, 0) is 10.9 Å². The van der Waals surface area contributed by atoms with Crippen LogP contribution in [0.5, 0.6) is 0 Å². The zero-order valence-electron chi connectivity index (χ0n) is 8.09. The highest BCUT2D eigenvalue weighted by Gasteiger charge is 2.39. The summed E-state index contributed by atoms with van der Waals surface area (Å²) >= 11 is 0. The van der Waals surface area contributed by atoms with Crippen LogP contribution in [-0.4, -0.2) is 12.6 Å². The van der Waals surface area contributed by atoms with Crippen molar-refractivity contribution in [3.8, 4) is 6.07 Å². The Morgan fingerprint density at radius 1 is 1.62 bits per heavy atom. The minimum absolute atomic E-state index is 0.00275. The van der Waals surface area contributed by atoms with Gasteiger partial charge in [-0.05, 0) is 6.92 Å². The van der Waals surface area contributed by atoms with E-state index in [0.29, 0.717) is 6.07 Å². The van der Waals surface area contributed by atoms with Gasteiger partial charge in [0.15, 0.2) is 0 Å². The van der Waals surface area contributed by atoms with Crippen LogP contribution in [0.2, 0.25) is 0 Å². The van der Waals surface area contributed by atoms with Crippen LogP contribution in [0.15, 0.2) is 10.5 Å². The summed E-state index contributed by atoms with van der Waals surface area (Å²) in [5.41, 5.74) is -0.740. The van der Waals surface area contributed by atoms with Gasteiger partial charge in [-0.15, -0.1) is 0 Å². The number of alkyl halides is 3. The van der Waals surface area contributed by atoms with E-state index in [2.05, 4.69) is 9.15 Å². The molecule has 0 aliphatic rings. The van der Waals surface area contributed by atoms with Crippen molar-refractivity contribution in [2.45, 2.75) is 13.1 Å². The van der Waals surface area contributed by atoms with Gasteiger partial charge in [-0.3, -0.25) is 0 Å². The molecule has 1 aromatic heterocycles. The van der Waals surface area contributed by atoms with E-state index in [1.807, 2.05) is 0 Å². The van der Waals surface area contributed by atoms with Crippen molar-refractivity contribution in [1.82, 2.24) is 0 Å². The molecule has 0 aromatic carbocycles. The van der Waals surface area contributed by atoms with Crippen molar-refractivity contribution in [2.24, 2.45) is 0 Å². The van der Waals surface area contributed by atoms with Gasteiger partial charge in [-0.25, -0.2) is 4.79 Å². The van der Waals surface area contributed by atoms with Crippen molar-refractivity contribution in [1.29, 1.82) is 5.26 Å². The molecular weight excluding hydrogens is 227 g/mol. The number of nitriles is 1. The molecule has 0 N–H and O–H groups in total. The topological polar surface area (TPSA) is 63.2 Å². The molecule has 0 atom stereocenters. The van der Waals surface area contributed by atoms with E-state index in [4.69, 9.17) is 5.26 Å². The quantitative estimate of drug-likeness (QED) is 0.735. The Morgan fingerprint density at radius 2 is 2.25 bits per heavy atom. The molecule has 7 heteroatoms. The van der Waals surface area contributed by atoms with E-state index in [1.54, 1.807) is 0 Å². The van der Waals surface area contributed by atoms with Crippen molar-refractivity contribution < 1.29 is 27.1 Å². The summed E-state index contributed by atoms with van der Waals surface area (Å²) in [6, 6.07) is 2.01. The van der Waals surface area contributed by atoms with Crippen LogP contribution >= 0.6 is 0 Å². The lowest BCUT2D eigenvalue weighted by Crippen LogP contribution is -2.06. The number of halogens is 3. The highest BCUT2D eigenvalue weighted by molar-refractivity contribution is 5.87. The van der Waals surface area contributed by atoms with E-state index in [9.17, 15) is 18.0 Å². The highest BCUT2D eigenvalue weighted by Crippen LogP contribution is 2.33. The Kier molecular flexibility index (Phi) is 3.22.